The number of hydrogen-bond donors (Lipinski definition) is 2. The second kappa shape index (κ2) is 9.80. The summed E-state index contributed by atoms with van der Waals surface area (Å²) in [6.45, 7) is 2.12. The summed E-state index contributed by atoms with van der Waals surface area (Å²) >= 11 is 0. The Hall–Kier alpha value is -4.83. The van der Waals surface area contributed by atoms with Gasteiger partial charge in [-0.3, -0.25) is 4.98 Å². The maximum absolute atomic E-state index is 13.0. The van der Waals surface area contributed by atoms with Crippen LogP contribution in [0.3, 0.4) is 0 Å². The third-order valence-corrected chi connectivity index (χ3v) is 7.26. The van der Waals surface area contributed by atoms with Gasteiger partial charge in [0.15, 0.2) is 5.82 Å². The average molecular weight is 519 g/mol. The van der Waals surface area contributed by atoms with Crippen molar-refractivity contribution >= 4 is 34.3 Å². The number of rotatable bonds is 7. The highest BCUT2D eigenvalue weighted by molar-refractivity contribution is 5.99. The molecule has 2 N–H and O–H groups in total. The topological polar surface area (TPSA) is 110 Å². The molecule has 2 saturated heterocycles. The fourth-order valence-corrected chi connectivity index (χ4v) is 5.36. The molecule has 2 aliphatic heterocycles. The summed E-state index contributed by atoms with van der Waals surface area (Å²) in [5.74, 6) is 1.71. The molecule has 194 valence electrons. The van der Waals surface area contributed by atoms with E-state index >= 15 is 0 Å². The zero-order chi connectivity index (χ0) is 26.2. The predicted molar refractivity (Wildman–Crippen MR) is 147 cm³/mol. The Balaban J connectivity index is 1.25. The third-order valence-electron chi connectivity index (χ3n) is 7.26. The molecular weight excluding hydrogens is 492 g/mol. The molecule has 2 aliphatic rings. The highest BCUT2D eigenvalue weighted by atomic mass is 16.5. The van der Waals surface area contributed by atoms with Crippen molar-refractivity contribution in [3.8, 4) is 5.69 Å². The molecule has 10 heteroatoms. The maximum Gasteiger partial charge on any atom is 0.338 e. The maximum atomic E-state index is 13.0. The number of esters is 1. The molecule has 39 heavy (non-hydrogen) atoms. The Morgan fingerprint density at radius 1 is 1.05 bits per heavy atom. The van der Waals surface area contributed by atoms with Crippen LogP contribution in [-0.4, -0.2) is 55.9 Å². The van der Waals surface area contributed by atoms with Gasteiger partial charge in [0.05, 0.1) is 23.0 Å². The first kappa shape index (κ1) is 23.3. The third kappa shape index (κ3) is 4.55. The molecule has 0 aliphatic carbocycles. The standard InChI is InChI=1S/C29H26N8O2/c38-29(39-18-19-4-2-1-3-5-19)20-6-7-24-25(12-20)37(35-28(24)34-26-16-30-10-11-31-26)22-8-9-32-27(14-22)36-17-21-13-23(36)15-33-21/h1-12,14,16,21,23,33H,13,15,17-18H2,(H,31,34,35)/t21-,23-/m0/s1. The highest BCUT2D eigenvalue weighted by Gasteiger charge is 2.38. The summed E-state index contributed by atoms with van der Waals surface area (Å²) in [7, 11) is 0. The highest BCUT2D eigenvalue weighted by Crippen LogP contribution is 2.32. The molecule has 2 fully saturated rings. The number of piperazine rings is 1. The summed E-state index contributed by atoms with van der Waals surface area (Å²) in [6.07, 6.45) is 7.83. The molecule has 0 saturated carbocycles. The predicted octanol–water partition coefficient (Wildman–Crippen LogP) is 3.86. The van der Waals surface area contributed by atoms with Crippen LogP contribution in [0.4, 0.5) is 17.5 Å². The summed E-state index contributed by atoms with van der Waals surface area (Å²) < 4.78 is 7.43. The number of aromatic nitrogens is 5. The molecule has 5 aromatic rings. The molecule has 7 rings (SSSR count). The summed E-state index contributed by atoms with van der Waals surface area (Å²) in [6, 6.07) is 20.0. The van der Waals surface area contributed by atoms with E-state index in [4.69, 9.17) is 9.84 Å². The minimum absolute atomic E-state index is 0.205. The van der Waals surface area contributed by atoms with Crippen molar-refractivity contribution < 1.29 is 9.53 Å². The average Bonchev–Trinajstić information content (AvgIpc) is 3.72. The quantitative estimate of drug-likeness (QED) is 0.310. The van der Waals surface area contributed by atoms with Crippen LogP contribution in [0, 0.1) is 0 Å². The van der Waals surface area contributed by atoms with Crippen LogP contribution in [0.15, 0.2) is 85.5 Å². The molecule has 2 atom stereocenters. The van der Waals surface area contributed by atoms with E-state index in [-0.39, 0.29) is 6.61 Å². The van der Waals surface area contributed by atoms with E-state index in [9.17, 15) is 4.79 Å². The zero-order valence-corrected chi connectivity index (χ0v) is 21.1. The first-order valence-corrected chi connectivity index (χ1v) is 12.9. The van der Waals surface area contributed by atoms with Crippen molar-refractivity contribution in [3.63, 3.8) is 0 Å². The number of carbonyl (C=O) groups excluding carboxylic acids is 1. The number of anilines is 3. The number of pyridine rings is 1. The fraction of sp³-hybridized carbons (Fsp3) is 0.207. The summed E-state index contributed by atoms with van der Waals surface area (Å²) in [4.78, 5) is 28.5. The first-order valence-electron chi connectivity index (χ1n) is 12.9. The van der Waals surface area contributed by atoms with Crippen LogP contribution in [0.1, 0.15) is 22.3 Å². The van der Waals surface area contributed by atoms with Crippen LogP contribution < -0.4 is 15.5 Å². The lowest BCUT2D eigenvalue weighted by Gasteiger charge is -2.28. The van der Waals surface area contributed by atoms with Gasteiger partial charge in [0, 0.05) is 55.2 Å². The molecular formula is C29H26N8O2. The van der Waals surface area contributed by atoms with E-state index in [1.807, 2.05) is 59.4 Å². The van der Waals surface area contributed by atoms with Gasteiger partial charge in [-0.15, -0.1) is 5.10 Å². The molecule has 2 aromatic carbocycles. The Bertz CT molecular complexity index is 1640. The zero-order valence-electron chi connectivity index (χ0n) is 21.1. The molecule has 0 spiro atoms. The van der Waals surface area contributed by atoms with Gasteiger partial charge in [0.25, 0.3) is 0 Å². The number of fused-ring (bicyclic) bond motifs is 3. The van der Waals surface area contributed by atoms with Gasteiger partial charge < -0.3 is 20.3 Å². The molecule has 2 bridgehead atoms. The number of hydrogen-bond acceptors (Lipinski definition) is 9. The van der Waals surface area contributed by atoms with E-state index in [0.29, 0.717) is 29.3 Å². The van der Waals surface area contributed by atoms with Gasteiger partial charge in [-0.05, 0) is 36.2 Å². The number of nitrogens with one attached hydrogen (secondary N) is 2. The van der Waals surface area contributed by atoms with Crippen LogP contribution >= 0.6 is 0 Å². The van der Waals surface area contributed by atoms with E-state index in [1.54, 1.807) is 24.7 Å². The SMILES string of the molecule is O=C(OCc1ccccc1)c1ccc2c(Nc3cnccn3)nn(-c3ccnc(N4C[C@@H]5C[C@H]4CN5)c3)c2c1. The van der Waals surface area contributed by atoms with Crippen LogP contribution in [0.5, 0.6) is 0 Å². The fourth-order valence-electron chi connectivity index (χ4n) is 5.36. The van der Waals surface area contributed by atoms with Gasteiger partial charge in [-0.1, -0.05) is 30.3 Å². The van der Waals surface area contributed by atoms with Gasteiger partial charge in [-0.25, -0.2) is 19.4 Å². The smallest absolute Gasteiger partial charge is 0.338 e. The largest absolute Gasteiger partial charge is 0.457 e. The van der Waals surface area contributed by atoms with Crippen molar-refractivity contribution in [1.29, 1.82) is 0 Å². The van der Waals surface area contributed by atoms with Gasteiger partial charge in [0.2, 0.25) is 0 Å². The Morgan fingerprint density at radius 3 is 2.77 bits per heavy atom. The summed E-state index contributed by atoms with van der Waals surface area (Å²) in [5, 5.41) is 12.5. The Kier molecular flexibility index (Phi) is 5.86. The van der Waals surface area contributed by atoms with Crippen molar-refractivity contribution in [2.45, 2.75) is 25.1 Å². The van der Waals surface area contributed by atoms with E-state index in [0.717, 1.165) is 47.5 Å². The number of nitrogens with zero attached hydrogens (tertiary/aromatic N) is 6. The van der Waals surface area contributed by atoms with Crippen molar-refractivity contribution in [2.24, 2.45) is 0 Å². The summed E-state index contributed by atoms with van der Waals surface area (Å²) in [5.41, 5.74) is 2.99. The van der Waals surface area contributed by atoms with Crippen LogP contribution in [-0.2, 0) is 11.3 Å². The second-order valence-corrected chi connectivity index (χ2v) is 9.79. The lowest BCUT2D eigenvalue weighted by Crippen LogP contribution is -2.44. The molecule has 3 aromatic heterocycles. The van der Waals surface area contributed by atoms with Crippen molar-refractivity contribution in [2.75, 3.05) is 23.3 Å². The van der Waals surface area contributed by atoms with Crippen LogP contribution in [0.2, 0.25) is 0 Å². The number of benzene rings is 2. The van der Waals surface area contributed by atoms with E-state index in [1.165, 1.54) is 0 Å². The lowest BCUT2D eigenvalue weighted by atomic mass is 10.1. The van der Waals surface area contributed by atoms with Gasteiger partial charge in [0.1, 0.15) is 18.2 Å². The van der Waals surface area contributed by atoms with Gasteiger partial charge in [-0.2, -0.15) is 0 Å². The molecule has 10 nitrogen and oxygen atoms in total. The minimum atomic E-state index is -0.395. The van der Waals surface area contributed by atoms with Crippen LogP contribution in [0.25, 0.3) is 16.6 Å². The Labute approximate surface area is 224 Å². The van der Waals surface area contributed by atoms with E-state index in [2.05, 4.69) is 36.6 Å². The van der Waals surface area contributed by atoms with Crippen molar-refractivity contribution in [3.05, 3.63) is 96.6 Å². The monoisotopic (exact) mass is 518 g/mol. The number of ether oxygens (including phenoxy) is 1. The van der Waals surface area contributed by atoms with Gasteiger partial charge >= 0.3 is 5.97 Å². The van der Waals surface area contributed by atoms with Crippen molar-refractivity contribution in [1.82, 2.24) is 30.0 Å². The normalized spacial score (nSPS) is 18.0. The molecule has 0 radical (unpaired) electrons. The Morgan fingerprint density at radius 2 is 1.97 bits per heavy atom. The minimum Gasteiger partial charge on any atom is -0.457 e. The molecule has 5 heterocycles. The first-order chi connectivity index (χ1) is 19.2. The molecule has 0 unspecified atom stereocenters. The van der Waals surface area contributed by atoms with E-state index < -0.39 is 5.97 Å². The molecule has 0 amide bonds. The second-order valence-electron chi connectivity index (χ2n) is 9.79. The lowest BCUT2D eigenvalue weighted by molar-refractivity contribution is 0.0473. The number of carbonyl (C=O) groups is 1.